The number of hydrogen-bond acceptors (Lipinski definition) is 10. The molecule has 160 valence electrons. The van der Waals surface area contributed by atoms with Gasteiger partial charge in [-0.05, 0) is 6.07 Å². The second kappa shape index (κ2) is 8.50. The van der Waals surface area contributed by atoms with Crippen LogP contribution in [0.1, 0.15) is 11.8 Å². The van der Waals surface area contributed by atoms with E-state index in [0.29, 0.717) is 23.5 Å². The molecule has 11 heteroatoms. The number of hydrogen-bond donors (Lipinski definition) is 5. The molecule has 4 rings (SSSR count). The third kappa shape index (κ3) is 3.57. The smallest absolute Gasteiger partial charge is 0.167 e. The highest BCUT2D eigenvalue weighted by Crippen LogP contribution is 2.31. The Labute approximate surface area is 171 Å². The largest absolute Gasteiger partial charge is 0.496 e. The monoisotopic (exact) mass is 417 g/mol. The van der Waals surface area contributed by atoms with Crippen LogP contribution in [-0.4, -0.2) is 78.1 Å². The van der Waals surface area contributed by atoms with Crippen LogP contribution in [0.25, 0.3) is 11.2 Å². The topological polar surface area (TPSA) is 155 Å². The van der Waals surface area contributed by atoms with Crippen LogP contribution in [0.4, 0.5) is 5.82 Å². The van der Waals surface area contributed by atoms with Crippen molar-refractivity contribution < 1.29 is 29.9 Å². The van der Waals surface area contributed by atoms with E-state index in [1.54, 1.807) is 7.11 Å². The standard InChI is InChI=1S/C19H23N5O6/c1-29-11-5-3-2-4-10(11)6-20-17-13-18(22-8-21-17)24(9-23-13)19-16(28)15(27)14(26)12(7-25)30-19/h2-5,8-9,12,14-16,19,25-28H,6-7H2,1H3,(H,20,21,22)/t12-,14-,15+,16-,19+/m1/s1. The van der Waals surface area contributed by atoms with Crippen molar-refractivity contribution in [1.29, 1.82) is 0 Å². The molecule has 1 saturated heterocycles. The van der Waals surface area contributed by atoms with Crippen LogP contribution in [0.15, 0.2) is 36.9 Å². The third-order valence-electron chi connectivity index (χ3n) is 5.14. The van der Waals surface area contributed by atoms with Crippen molar-refractivity contribution in [2.24, 2.45) is 0 Å². The first-order valence-corrected chi connectivity index (χ1v) is 9.39. The van der Waals surface area contributed by atoms with Crippen molar-refractivity contribution in [2.45, 2.75) is 37.2 Å². The molecule has 1 fully saturated rings. The fourth-order valence-corrected chi connectivity index (χ4v) is 3.51. The van der Waals surface area contributed by atoms with E-state index in [1.807, 2.05) is 24.3 Å². The number of nitrogens with zero attached hydrogens (tertiary/aromatic N) is 4. The number of anilines is 1. The molecule has 0 aliphatic carbocycles. The minimum atomic E-state index is -1.50. The molecule has 0 saturated carbocycles. The Morgan fingerprint density at radius 1 is 1.10 bits per heavy atom. The molecule has 0 unspecified atom stereocenters. The third-order valence-corrected chi connectivity index (χ3v) is 5.14. The van der Waals surface area contributed by atoms with Crippen LogP contribution in [-0.2, 0) is 11.3 Å². The lowest BCUT2D eigenvalue weighted by Gasteiger charge is -2.40. The summed E-state index contributed by atoms with van der Waals surface area (Å²) < 4.78 is 12.4. The van der Waals surface area contributed by atoms with Crippen molar-refractivity contribution in [3.63, 3.8) is 0 Å². The number of aliphatic hydroxyl groups excluding tert-OH is 4. The van der Waals surface area contributed by atoms with E-state index in [0.717, 1.165) is 11.3 Å². The summed E-state index contributed by atoms with van der Waals surface area (Å²) in [4.78, 5) is 12.8. The van der Waals surface area contributed by atoms with E-state index in [4.69, 9.17) is 9.47 Å². The second-order valence-electron chi connectivity index (χ2n) is 6.93. The molecule has 2 aromatic heterocycles. The minimum Gasteiger partial charge on any atom is -0.496 e. The summed E-state index contributed by atoms with van der Waals surface area (Å²) in [6, 6.07) is 7.58. The summed E-state index contributed by atoms with van der Waals surface area (Å²) in [5.74, 6) is 1.20. The van der Waals surface area contributed by atoms with Gasteiger partial charge in [-0.1, -0.05) is 18.2 Å². The zero-order chi connectivity index (χ0) is 21.3. The Morgan fingerprint density at radius 2 is 1.90 bits per heavy atom. The summed E-state index contributed by atoms with van der Waals surface area (Å²) in [6.45, 7) is -0.0855. The molecule has 1 aliphatic rings. The number of para-hydroxylation sites is 1. The maximum atomic E-state index is 10.4. The predicted molar refractivity (Wildman–Crippen MR) is 105 cm³/mol. The van der Waals surface area contributed by atoms with Crippen LogP contribution < -0.4 is 10.1 Å². The lowest BCUT2D eigenvalue weighted by molar-refractivity contribution is -0.250. The first kappa shape index (κ1) is 20.4. The molecule has 0 amide bonds. The van der Waals surface area contributed by atoms with E-state index < -0.39 is 37.3 Å². The zero-order valence-corrected chi connectivity index (χ0v) is 16.2. The van der Waals surface area contributed by atoms with Gasteiger partial charge in [0.25, 0.3) is 0 Å². The maximum Gasteiger partial charge on any atom is 0.167 e. The molecule has 5 atom stereocenters. The van der Waals surface area contributed by atoms with Crippen molar-refractivity contribution in [3.05, 3.63) is 42.5 Å². The van der Waals surface area contributed by atoms with E-state index in [1.165, 1.54) is 17.2 Å². The molecule has 5 N–H and O–H groups in total. The van der Waals surface area contributed by atoms with Gasteiger partial charge in [-0.15, -0.1) is 0 Å². The van der Waals surface area contributed by atoms with Crippen molar-refractivity contribution in [1.82, 2.24) is 19.5 Å². The number of fused-ring (bicyclic) bond motifs is 1. The van der Waals surface area contributed by atoms with Gasteiger partial charge in [-0.3, -0.25) is 4.57 Å². The fourth-order valence-electron chi connectivity index (χ4n) is 3.51. The summed E-state index contributed by atoms with van der Waals surface area (Å²) in [6.07, 6.45) is -3.76. The Hall–Kier alpha value is -2.83. The first-order chi connectivity index (χ1) is 14.5. The van der Waals surface area contributed by atoms with E-state index >= 15 is 0 Å². The summed E-state index contributed by atoms with van der Waals surface area (Å²) >= 11 is 0. The Kier molecular flexibility index (Phi) is 5.79. The van der Waals surface area contributed by atoms with Gasteiger partial charge in [0.1, 0.15) is 36.5 Å². The zero-order valence-electron chi connectivity index (χ0n) is 16.2. The van der Waals surface area contributed by atoms with E-state index in [-0.39, 0.29) is 0 Å². The van der Waals surface area contributed by atoms with Gasteiger partial charge in [0.05, 0.1) is 20.0 Å². The minimum absolute atomic E-state index is 0.358. The van der Waals surface area contributed by atoms with Crippen molar-refractivity contribution in [2.75, 3.05) is 19.0 Å². The Bertz CT molecular complexity index is 1010. The van der Waals surface area contributed by atoms with E-state index in [2.05, 4.69) is 20.3 Å². The number of imidazole rings is 1. The number of benzene rings is 1. The number of aliphatic hydroxyl groups is 4. The molecule has 3 heterocycles. The molecule has 30 heavy (non-hydrogen) atoms. The Morgan fingerprint density at radius 3 is 2.67 bits per heavy atom. The molecule has 1 aromatic carbocycles. The highest BCUT2D eigenvalue weighted by molar-refractivity contribution is 5.82. The van der Waals surface area contributed by atoms with Crippen LogP contribution in [0.5, 0.6) is 5.75 Å². The lowest BCUT2D eigenvalue weighted by atomic mass is 9.98. The number of rotatable bonds is 6. The van der Waals surface area contributed by atoms with Crippen molar-refractivity contribution >= 4 is 17.0 Å². The molecule has 11 nitrogen and oxygen atoms in total. The molecule has 0 radical (unpaired) electrons. The maximum absolute atomic E-state index is 10.4. The number of ether oxygens (including phenoxy) is 2. The highest BCUT2D eigenvalue weighted by atomic mass is 16.6. The first-order valence-electron chi connectivity index (χ1n) is 9.39. The SMILES string of the molecule is COc1ccccc1CNc1ncnc2c1ncn2[C@H]1O[C@H](CO)[C@@H](O)[C@H](O)[C@H]1O. The summed E-state index contributed by atoms with van der Waals surface area (Å²) in [5.41, 5.74) is 1.72. The van der Waals surface area contributed by atoms with Crippen LogP contribution in [0, 0.1) is 0 Å². The molecular weight excluding hydrogens is 394 g/mol. The molecule has 0 bridgehead atoms. The highest BCUT2D eigenvalue weighted by Gasteiger charge is 2.44. The van der Waals surface area contributed by atoms with Gasteiger partial charge in [0.2, 0.25) is 0 Å². The van der Waals surface area contributed by atoms with Gasteiger partial charge < -0.3 is 35.2 Å². The lowest BCUT2D eigenvalue weighted by Crippen LogP contribution is -2.56. The number of nitrogens with one attached hydrogen (secondary N) is 1. The van der Waals surface area contributed by atoms with Crippen molar-refractivity contribution in [3.8, 4) is 5.75 Å². The molecular formula is C19H23N5O6. The van der Waals surface area contributed by atoms with Gasteiger partial charge in [0.15, 0.2) is 23.2 Å². The summed E-state index contributed by atoms with van der Waals surface area (Å²) in [5, 5.41) is 43.1. The van der Waals surface area contributed by atoms with Gasteiger partial charge >= 0.3 is 0 Å². The van der Waals surface area contributed by atoms with Gasteiger partial charge in [-0.2, -0.15) is 0 Å². The molecule has 0 spiro atoms. The van der Waals surface area contributed by atoms with Gasteiger partial charge in [-0.25, -0.2) is 15.0 Å². The van der Waals surface area contributed by atoms with Gasteiger partial charge in [0, 0.05) is 12.1 Å². The average Bonchev–Trinajstić information content (AvgIpc) is 3.21. The normalized spacial score (nSPS) is 26.6. The van der Waals surface area contributed by atoms with E-state index in [9.17, 15) is 20.4 Å². The fraction of sp³-hybridized carbons (Fsp3) is 0.421. The molecule has 3 aromatic rings. The summed E-state index contributed by atoms with van der Waals surface area (Å²) in [7, 11) is 1.60. The average molecular weight is 417 g/mol. The molecule has 1 aliphatic heterocycles. The van der Waals surface area contributed by atoms with Crippen LogP contribution in [0.3, 0.4) is 0 Å². The quantitative estimate of drug-likeness (QED) is 0.352. The number of methoxy groups -OCH3 is 1. The predicted octanol–water partition coefficient (Wildman–Crippen LogP) is -0.581. The van der Waals surface area contributed by atoms with Crippen LogP contribution in [0.2, 0.25) is 0 Å². The second-order valence-corrected chi connectivity index (χ2v) is 6.93. The Balaban J connectivity index is 1.62. The number of aromatic nitrogens is 4. The van der Waals surface area contributed by atoms with Crippen LogP contribution >= 0.6 is 0 Å².